The van der Waals surface area contributed by atoms with E-state index in [9.17, 15) is 4.79 Å². The standard InChI is InChI=1S/C8H16N2O2.Zn/c1-9-4-6-10(7-5-9)3-2-8(11)12;/h2-7H2,1H3,(H,11,12);. The zero-order valence-electron chi connectivity index (χ0n) is 8.20. The van der Waals surface area contributed by atoms with Crippen molar-refractivity contribution in [2.45, 2.75) is 6.42 Å². The van der Waals surface area contributed by atoms with Gasteiger partial charge in [-0.25, -0.2) is 0 Å². The van der Waals surface area contributed by atoms with Crippen molar-refractivity contribution >= 4 is 5.97 Å². The third kappa shape index (κ3) is 5.34. The van der Waals surface area contributed by atoms with Crippen LogP contribution in [0.15, 0.2) is 0 Å². The van der Waals surface area contributed by atoms with Crippen LogP contribution < -0.4 is 0 Å². The molecule has 1 N–H and O–H groups in total. The summed E-state index contributed by atoms with van der Waals surface area (Å²) in [7, 11) is 2.09. The van der Waals surface area contributed by atoms with Gasteiger partial charge in [0.15, 0.2) is 0 Å². The third-order valence-corrected chi connectivity index (χ3v) is 2.24. The van der Waals surface area contributed by atoms with E-state index in [4.69, 9.17) is 5.11 Å². The molecule has 1 saturated heterocycles. The Morgan fingerprint density at radius 3 is 2.31 bits per heavy atom. The Balaban J connectivity index is 0.00000144. The largest absolute Gasteiger partial charge is 0.481 e. The topological polar surface area (TPSA) is 43.8 Å². The van der Waals surface area contributed by atoms with E-state index >= 15 is 0 Å². The van der Waals surface area contributed by atoms with Crippen LogP contribution in [0.1, 0.15) is 6.42 Å². The minimum atomic E-state index is -0.700. The number of carboxylic acids is 1. The molecule has 1 rings (SSSR count). The molecular weight excluding hydrogens is 221 g/mol. The molecule has 1 aliphatic heterocycles. The van der Waals surface area contributed by atoms with Gasteiger partial charge >= 0.3 is 5.97 Å². The zero-order valence-corrected chi connectivity index (χ0v) is 11.2. The second-order valence-corrected chi connectivity index (χ2v) is 3.29. The van der Waals surface area contributed by atoms with E-state index in [1.807, 2.05) is 0 Å². The van der Waals surface area contributed by atoms with E-state index in [0.717, 1.165) is 26.2 Å². The van der Waals surface area contributed by atoms with Crippen molar-refractivity contribution in [1.29, 1.82) is 0 Å². The molecule has 0 unspecified atom stereocenters. The van der Waals surface area contributed by atoms with E-state index in [-0.39, 0.29) is 25.9 Å². The molecule has 1 heterocycles. The zero-order chi connectivity index (χ0) is 8.97. The molecule has 13 heavy (non-hydrogen) atoms. The summed E-state index contributed by atoms with van der Waals surface area (Å²) in [6.45, 7) is 4.82. The molecule has 0 spiro atoms. The SMILES string of the molecule is CN1CCN(CCC(=O)O)CC1.[Zn]. The van der Waals surface area contributed by atoms with Gasteiger partial charge < -0.3 is 14.9 Å². The number of hydrogen-bond acceptors (Lipinski definition) is 3. The molecule has 0 bridgehead atoms. The second kappa shape index (κ2) is 6.46. The Kier molecular flexibility index (Phi) is 6.47. The van der Waals surface area contributed by atoms with Crippen LogP contribution in [0.5, 0.6) is 0 Å². The first-order valence-corrected chi connectivity index (χ1v) is 4.31. The number of piperazine rings is 1. The Labute approximate surface area is 91.6 Å². The smallest absolute Gasteiger partial charge is 0.304 e. The fourth-order valence-electron chi connectivity index (χ4n) is 1.33. The van der Waals surface area contributed by atoms with Crippen LogP contribution >= 0.6 is 0 Å². The van der Waals surface area contributed by atoms with E-state index in [1.165, 1.54) is 0 Å². The molecule has 0 aromatic carbocycles. The van der Waals surface area contributed by atoms with Crippen molar-refractivity contribution in [3.05, 3.63) is 0 Å². The summed E-state index contributed by atoms with van der Waals surface area (Å²) in [5.41, 5.74) is 0. The number of rotatable bonds is 3. The molecule has 72 valence electrons. The van der Waals surface area contributed by atoms with Crippen LogP contribution in [0, 0.1) is 0 Å². The fraction of sp³-hybridized carbons (Fsp3) is 0.875. The van der Waals surface area contributed by atoms with Gasteiger partial charge in [0.1, 0.15) is 0 Å². The van der Waals surface area contributed by atoms with Gasteiger partial charge in [-0.3, -0.25) is 4.79 Å². The first-order valence-electron chi connectivity index (χ1n) is 4.31. The van der Waals surface area contributed by atoms with Gasteiger partial charge in [0.05, 0.1) is 6.42 Å². The number of nitrogens with zero attached hydrogens (tertiary/aromatic N) is 2. The quantitative estimate of drug-likeness (QED) is 0.685. The predicted molar refractivity (Wildman–Crippen MR) is 46.2 cm³/mol. The number of hydrogen-bond donors (Lipinski definition) is 1. The Morgan fingerprint density at radius 1 is 1.31 bits per heavy atom. The minimum Gasteiger partial charge on any atom is -0.481 e. The van der Waals surface area contributed by atoms with Gasteiger partial charge in [0, 0.05) is 52.2 Å². The first-order chi connectivity index (χ1) is 5.68. The van der Waals surface area contributed by atoms with Gasteiger partial charge in [-0.15, -0.1) is 0 Å². The van der Waals surface area contributed by atoms with E-state index in [1.54, 1.807) is 0 Å². The molecule has 5 heteroatoms. The maximum absolute atomic E-state index is 10.3. The van der Waals surface area contributed by atoms with E-state index in [0.29, 0.717) is 6.54 Å². The molecule has 0 amide bonds. The fourth-order valence-corrected chi connectivity index (χ4v) is 1.33. The molecule has 4 nitrogen and oxygen atoms in total. The van der Waals surface area contributed by atoms with Gasteiger partial charge in [-0.1, -0.05) is 0 Å². The predicted octanol–water partition coefficient (Wildman–Crippen LogP) is -0.294. The van der Waals surface area contributed by atoms with Crippen LogP contribution in [0.2, 0.25) is 0 Å². The molecule has 0 aromatic heterocycles. The van der Waals surface area contributed by atoms with Gasteiger partial charge in [-0.2, -0.15) is 0 Å². The average molecular weight is 238 g/mol. The Morgan fingerprint density at radius 2 is 1.85 bits per heavy atom. The molecule has 1 aliphatic rings. The van der Waals surface area contributed by atoms with Crippen LogP contribution in [-0.2, 0) is 24.3 Å². The molecule has 1 fully saturated rings. The second-order valence-electron chi connectivity index (χ2n) is 3.29. The summed E-state index contributed by atoms with van der Waals surface area (Å²) < 4.78 is 0. The molecular formula is C8H16N2O2Zn. The maximum Gasteiger partial charge on any atom is 0.304 e. The van der Waals surface area contributed by atoms with Gasteiger partial charge in [0.25, 0.3) is 0 Å². The van der Waals surface area contributed by atoms with Crippen LogP contribution in [-0.4, -0.2) is 60.6 Å². The molecule has 0 aliphatic carbocycles. The summed E-state index contributed by atoms with van der Waals surface area (Å²) in [5.74, 6) is -0.700. The van der Waals surface area contributed by atoms with Gasteiger partial charge in [-0.05, 0) is 7.05 Å². The number of carboxylic acid groups (broad SMARTS) is 1. The summed E-state index contributed by atoms with van der Waals surface area (Å²) in [5, 5.41) is 8.46. The van der Waals surface area contributed by atoms with Crippen molar-refractivity contribution in [3.8, 4) is 0 Å². The maximum atomic E-state index is 10.3. The minimum absolute atomic E-state index is 0. The Hall–Kier alpha value is 0.0134. The van der Waals surface area contributed by atoms with Crippen molar-refractivity contribution in [3.63, 3.8) is 0 Å². The van der Waals surface area contributed by atoms with Gasteiger partial charge in [0.2, 0.25) is 0 Å². The van der Waals surface area contributed by atoms with Crippen LogP contribution in [0.25, 0.3) is 0 Å². The molecule has 0 radical (unpaired) electrons. The average Bonchev–Trinajstić information content (AvgIpc) is 2.03. The number of aliphatic carboxylic acids is 1. The molecule has 0 saturated carbocycles. The van der Waals surface area contributed by atoms with Crippen molar-refractivity contribution in [1.82, 2.24) is 9.80 Å². The summed E-state index contributed by atoms with van der Waals surface area (Å²) >= 11 is 0. The number of carbonyl (C=O) groups is 1. The Bertz CT molecular complexity index is 158. The normalized spacial score (nSPS) is 19.5. The van der Waals surface area contributed by atoms with Crippen LogP contribution in [0.3, 0.4) is 0 Å². The summed E-state index contributed by atoms with van der Waals surface area (Å²) in [6, 6.07) is 0. The number of likely N-dealkylation sites (N-methyl/N-ethyl adjacent to an activating group) is 1. The van der Waals surface area contributed by atoms with Crippen molar-refractivity contribution < 1.29 is 29.4 Å². The monoisotopic (exact) mass is 236 g/mol. The molecule has 0 aromatic rings. The summed E-state index contributed by atoms with van der Waals surface area (Å²) in [4.78, 5) is 14.7. The first kappa shape index (κ1) is 13.0. The van der Waals surface area contributed by atoms with Crippen molar-refractivity contribution in [2.24, 2.45) is 0 Å². The van der Waals surface area contributed by atoms with E-state index in [2.05, 4.69) is 16.8 Å². The van der Waals surface area contributed by atoms with Crippen molar-refractivity contribution in [2.75, 3.05) is 39.8 Å². The summed E-state index contributed by atoms with van der Waals surface area (Å²) in [6.07, 6.45) is 0.268. The van der Waals surface area contributed by atoms with E-state index < -0.39 is 5.97 Å². The molecule has 0 atom stereocenters. The van der Waals surface area contributed by atoms with Crippen LogP contribution in [0.4, 0.5) is 0 Å². The third-order valence-electron chi connectivity index (χ3n) is 2.24.